The Bertz CT molecular complexity index is 757. The second kappa shape index (κ2) is 7.12. The number of carbonyl (C=O) groups is 2. The molecule has 134 valence electrons. The van der Waals surface area contributed by atoms with Crippen molar-refractivity contribution in [2.45, 2.75) is 58.9 Å². The molecule has 2 aliphatic rings. The number of nitrogens with one attached hydrogen (secondary N) is 1. The highest BCUT2D eigenvalue weighted by Gasteiger charge is 2.32. The number of hydrogen-bond acceptors (Lipinski definition) is 3. The van der Waals surface area contributed by atoms with Crippen LogP contribution in [0.1, 0.15) is 62.0 Å². The number of nitrogens with zero attached hydrogens (tertiary/aromatic N) is 2. The summed E-state index contributed by atoms with van der Waals surface area (Å²) in [5.74, 6) is -0.735. The van der Waals surface area contributed by atoms with Gasteiger partial charge in [0.05, 0.1) is 0 Å². The molecule has 1 N–H and O–H groups in total. The molecule has 0 unspecified atom stereocenters. The first-order valence-electron chi connectivity index (χ1n) is 9.01. The molecular weight excluding hydrogens is 334 g/mol. The maximum atomic E-state index is 12.6. The summed E-state index contributed by atoms with van der Waals surface area (Å²) in [6.07, 6.45) is 7.95. The molecule has 0 atom stereocenters. The molecule has 0 bridgehead atoms. The van der Waals surface area contributed by atoms with Crippen LogP contribution >= 0.6 is 12.2 Å². The molecule has 1 aromatic rings. The third-order valence-corrected chi connectivity index (χ3v) is 5.59. The van der Waals surface area contributed by atoms with Gasteiger partial charge in [0.25, 0.3) is 11.8 Å². The lowest BCUT2D eigenvalue weighted by Gasteiger charge is -2.28. The number of carbonyl (C=O) groups excluding carboxylic acids is 2. The van der Waals surface area contributed by atoms with Gasteiger partial charge in [0, 0.05) is 24.0 Å². The molecule has 3 rings (SSSR count). The lowest BCUT2D eigenvalue weighted by molar-refractivity contribution is -0.128. The molecule has 1 aliphatic heterocycles. The fourth-order valence-electron chi connectivity index (χ4n) is 3.99. The summed E-state index contributed by atoms with van der Waals surface area (Å²) in [7, 11) is 0. The molecule has 0 aromatic carbocycles. The van der Waals surface area contributed by atoms with E-state index in [-0.39, 0.29) is 16.6 Å². The predicted molar refractivity (Wildman–Crippen MR) is 102 cm³/mol. The van der Waals surface area contributed by atoms with E-state index in [2.05, 4.69) is 29.8 Å². The van der Waals surface area contributed by atoms with E-state index in [9.17, 15) is 9.59 Å². The van der Waals surface area contributed by atoms with Crippen molar-refractivity contribution in [2.75, 3.05) is 6.54 Å². The van der Waals surface area contributed by atoms with E-state index < -0.39 is 5.91 Å². The van der Waals surface area contributed by atoms with Crippen LogP contribution in [0.15, 0.2) is 11.6 Å². The van der Waals surface area contributed by atoms with E-state index >= 15 is 0 Å². The zero-order chi connectivity index (χ0) is 18.1. The van der Waals surface area contributed by atoms with Crippen LogP contribution in [0, 0.1) is 13.8 Å². The SMILES string of the molecule is CCN1C(=O)/C(=C\c2cc(C)n(C3CCCCC3)c2C)C(=O)NC1=S. The second-order valence-corrected chi connectivity index (χ2v) is 7.24. The average molecular weight is 359 g/mol. The van der Waals surface area contributed by atoms with Crippen LogP contribution in [0.25, 0.3) is 6.08 Å². The van der Waals surface area contributed by atoms with Crippen molar-refractivity contribution in [1.82, 2.24) is 14.8 Å². The van der Waals surface area contributed by atoms with Gasteiger partial charge in [-0.3, -0.25) is 19.8 Å². The van der Waals surface area contributed by atoms with E-state index in [1.54, 1.807) is 6.08 Å². The summed E-state index contributed by atoms with van der Waals surface area (Å²) < 4.78 is 2.37. The van der Waals surface area contributed by atoms with Gasteiger partial charge in [-0.1, -0.05) is 19.3 Å². The largest absolute Gasteiger partial charge is 0.346 e. The summed E-state index contributed by atoms with van der Waals surface area (Å²) in [4.78, 5) is 26.3. The standard InChI is InChI=1S/C19H25N3O2S/c1-4-21-18(24)16(17(23)20-19(21)25)11-14-10-12(2)22(13(14)3)15-8-6-5-7-9-15/h10-11,15H,4-9H2,1-3H3,(H,20,23,25)/b16-11-. The number of likely N-dealkylation sites (N-methyl/N-ethyl adjacent to an activating group) is 1. The molecule has 2 fully saturated rings. The van der Waals surface area contributed by atoms with Crippen LogP contribution in [0.4, 0.5) is 0 Å². The van der Waals surface area contributed by atoms with Crippen molar-refractivity contribution in [3.8, 4) is 0 Å². The Balaban J connectivity index is 1.96. The maximum absolute atomic E-state index is 12.6. The van der Waals surface area contributed by atoms with Gasteiger partial charge < -0.3 is 4.57 Å². The number of aryl methyl sites for hydroxylation is 1. The van der Waals surface area contributed by atoms with E-state index in [1.807, 2.05) is 6.92 Å². The molecule has 25 heavy (non-hydrogen) atoms. The molecule has 1 saturated carbocycles. The Labute approximate surface area is 154 Å². The first-order valence-corrected chi connectivity index (χ1v) is 9.42. The number of rotatable bonds is 3. The van der Waals surface area contributed by atoms with E-state index in [0.29, 0.717) is 12.6 Å². The highest BCUT2D eigenvalue weighted by molar-refractivity contribution is 7.80. The number of amides is 2. The highest BCUT2D eigenvalue weighted by atomic mass is 32.1. The zero-order valence-corrected chi connectivity index (χ0v) is 15.9. The highest BCUT2D eigenvalue weighted by Crippen LogP contribution is 2.33. The summed E-state index contributed by atoms with van der Waals surface area (Å²) in [5, 5.41) is 2.79. The minimum absolute atomic E-state index is 0.152. The van der Waals surface area contributed by atoms with Crippen LogP contribution in [0.3, 0.4) is 0 Å². The van der Waals surface area contributed by atoms with Gasteiger partial charge in [0.15, 0.2) is 5.11 Å². The average Bonchev–Trinajstić information content (AvgIpc) is 2.86. The van der Waals surface area contributed by atoms with Crippen LogP contribution in [0.5, 0.6) is 0 Å². The lowest BCUT2D eigenvalue weighted by Crippen LogP contribution is -2.53. The van der Waals surface area contributed by atoms with Gasteiger partial charge in [0.2, 0.25) is 0 Å². The Kier molecular flexibility index (Phi) is 5.08. The van der Waals surface area contributed by atoms with Gasteiger partial charge in [-0.15, -0.1) is 0 Å². The lowest BCUT2D eigenvalue weighted by atomic mass is 9.95. The summed E-state index contributed by atoms with van der Waals surface area (Å²) >= 11 is 5.08. The van der Waals surface area contributed by atoms with Gasteiger partial charge >= 0.3 is 0 Å². The molecule has 2 heterocycles. The molecule has 0 radical (unpaired) electrons. The summed E-state index contributed by atoms with van der Waals surface area (Å²) in [6.45, 7) is 6.45. The van der Waals surface area contributed by atoms with Crippen molar-refractivity contribution in [1.29, 1.82) is 0 Å². The van der Waals surface area contributed by atoms with Crippen molar-refractivity contribution in [3.05, 3.63) is 28.6 Å². The second-order valence-electron chi connectivity index (χ2n) is 6.86. The number of thiocarbonyl (C=S) groups is 1. The first kappa shape index (κ1) is 17.9. The summed E-state index contributed by atoms with van der Waals surface area (Å²) in [6, 6.07) is 2.59. The fourth-order valence-corrected chi connectivity index (χ4v) is 4.29. The fraction of sp³-hybridized carbons (Fsp3) is 0.526. The van der Waals surface area contributed by atoms with Crippen LogP contribution < -0.4 is 5.32 Å². The quantitative estimate of drug-likeness (QED) is 0.512. The Morgan fingerprint density at radius 1 is 1.24 bits per heavy atom. The van der Waals surface area contributed by atoms with Crippen molar-refractivity contribution >= 4 is 35.2 Å². The maximum Gasteiger partial charge on any atom is 0.265 e. The van der Waals surface area contributed by atoms with Crippen molar-refractivity contribution in [3.63, 3.8) is 0 Å². The third kappa shape index (κ3) is 3.27. The van der Waals surface area contributed by atoms with Gasteiger partial charge in [-0.2, -0.15) is 0 Å². The predicted octanol–water partition coefficient (Wildman–Crippen LogP) is 3.26. The van der Waals surface area contributed by atoms with Gasteiger partial charge in [-0.25, -0.2) is 0 Å². The monoisotopic (exact) mass is 359 g/mol. The zero-order valence-electron chi connectivity index (χ0n) is 15.1. The van der Waals surface area contributed by atoms with Gasteiger partial charge in [0.1, 0.15) is 5.57 Å². The third-order valence-electron chi connectivity index (χ3n) is 5.27. The minimum Gasteiger partial charge on any atom is -0.346 e. The van der Waals surface area contributed by atoms with Crippen molar-refractivity contribution in [2.24, 2.45) is 0 Å². The first-order chi connectivity index (χ1) is 11.9. The normalized spacial score (nSPS) is 21.2. The number of hydrogen-bond donors (Lipinski definition) is 1. The molecule has 2 amide bonds. The molecule has 1 aromatic heterocycles. The molecule has 6 heteroatoms. The smallest absolute Gasteiger partial charge is 0.265 e. The Morgan fingerprint density at radius 2 is 1.92 bits per heavy atom. The van der Waals surface area contributed by atoms with Crippen LogP contribution in [-0.2, 0) is 9.59 Å². The minimum atomic E-state index is -0.415. The van der Waals surface area contributed by atoms with E-state index in [4.69, 9.17) is 12.2 Å². The van der Waals surface area contributed by atoms with Crippen molar-refractivity contribution < 1.29 is 9.59 Å². The van der Waals surface area contributed by atoms with E-state index in [1.165, 1.54) is 42.7 Å². The molecular formula is C19H25N3O2S. The van der Waals surface area contributed by atoms with Crippen LogP contribution in [-0.4, -0.2) is 32.9 Å². The molecule has 0 spiro atoms. The summed E-state index contributed by atoms with van der Waals surface area (Å²) in [5.41, 5.74) is 3.39. The van der Waals surface area contributed by atoms with E-state index in [0.717, 1.165) is 11.3 Å². The Hall–Kier alpha value is -1.95. The van der Waals surface area contributed by atoms with Crippen LogP contribution in [0.2, 0.25) is 0 Å². The molecule has 5 nitrogen and oxygen atoms in total. The number of aromatic nitrogens is 1. The van der Waals surface area contributed by atoms with Gasteiger partial charge in [-0.05, 0) is 63.5 Å². The topological polar surface area (TPSA) is 54.3 Å². The Morgan fingerprint density at radius 3 is 2.56 bits per heavy atom. The molecule has 1 saturated heterocycles. The molecule has 1 aliphatic carbocycles.